The molecule has 0 unspecified atom stereocenters. The van der Waals surface area contributed by atoms with Gasteiger partial charge >= 0.3 is 0 Å². The minimum atomic E-state index is -0.311. The molecule has 0 aliphatic rings. The summed E-state index contributed by atoms with van der Waals surface area (Å²) < 4.78 is 18.6. The van der Waals surface area contributed by atoms with E-state index in [0.717, 1.165) is 11.1 Å². The van der Waals surface area contributed by atoms with Crippen molar-refractivity contribution < 1.29 is 13.9 Å². The monoisotopic (exact) mass is 363 g/mol. The van der Waals surface area contributed by atoms with Gasteiger partial charge in [-0.1, -0.05) is 24.3 Å². The van der Waals surface area contributed by atoms with E-state index in [1.54, 1.807) is 36.7 Å². The average molecular weight is 363 g/mol. The summed E-state index contributed by atoms with van der Waals surface area (Å²) in [6.45, 7) is 1.88. The van der Waals surface area contributed by atoms with E-state index in [9.17, 15) is 9.18 Å². The maximum atomic E-state index is 12.9. The molecule has 0 saturated heterocycles. The molecule has 5 nitrogen and oxygen atoms in total. The van der Waals surface area contributed by atoms with Crippen LogP contribution in [-0.4, -0.2) is 15.9 Å². The summed E-state index contributed by atoms with van der Waals surface area (Å²) in [5.41, 5.74) is 1.64. The van der Waals surface area contributed by atoms with Crippen molar-refractivity contribution in [1.82, 2.24) is 15.3 Å². The number of carbonyl (C=O) groups is 1. The molecule has 3 rings (SSSR count). The van der Waals surface area contributed by atoms with Crippen molar-refractivity contribution in [3.8, 4) is 11.6 Å². The number of hydrogen-bond acceptors (Lipinski definition) is 4. The van der Waals surface area contributed by atoms with Crippen LogP contribution in [-0.2, 0) is 4.79 Å². The number of aromatic nitrogens is 2. The summed E-state index contributed by atoms with van der Waals surface area (Å²) in [4.78, 5) is 20.1. The molecular weight excluding hydrogens is 345 g/mol. The molecule has 2 aromatic carbocycles. The van der Waals surface area contributed by atoms with Crippen molar-refractivity contribution in [2.24, 2.45) is 0 Å². The highest BCUT2D eigenvalue weighted by atomic mass is 19.1. The van der Waals surface area contributed by atoms with Crippen molar-refractivity contribution in [3.63, 3.8) is 0 Å². The Labute approximate surface area is 156 Å². The summed E-state index contributed by atoms with van der Waals surface area (Å²) in [6.07, 6.45) is 7.70. The fraction of sp³-hybridized carbons (Fsp3) is 0.0952. The highest BCUT2D eigenvalue weighted by Crippen LogP contribution is 2.22. The zero-order valence-electron chi connectivity index (χ0n) is 14.7. The third-order valence-electron chi connectivity index (χ3n) is 3.78. The van der Waals surface area contributed by atoms with E-state index in [4.69, 9.17) is 4.74 Å². The standard InChI is InChI=1S/C21H18FN3O2/c1-15(25-20(26)10-7-16-5-8-18(22)9-6-16)17-3-2-4-19(13-17)27-21-14-23-11-12-24-21/h2-15H,1H3,(H,25,26)/b10-7+/t15-/m0/s1. The topological polar surface area (TPSA) is 64.1 Å². The highest BCUT2D eigenvalue weighted by molar-refractivity contribution is 5.91. The molecule has 0 bridgehead atoms. The summed E-state index contributed by atoms with van der Waals surface area (Å²) >= 11 is 0. The van der Waals surface area contributed by atoms with Gasteiger partial charge in [0.15, 0.2) is 0 Å². The summed E-state index contributed by atoms with van der Waals surface area (Å²) in [5.74, 6) is 0.449. The summed E-state index contributed by atoms with van der Waals surface area (Å²) in [5, 5.41) is 2.89. The second kappa shape index (κ2) is 8.71. The first-order chi connectivity index (χ1) is 13.1. The lowest BCUT2D eigenvalue weighted by Gasteiger charge is -2.14. The Hall–Kier alpha value is -3.54. The quantitative estimate of drug-likeness (QED) is 0.663. The van der Waals surface area contributed by atoms with Gasteiger partial charge in [0.05, 0.1) is 12.2 Å². The zero-order valence-corrected chi connectivity index (χ0v) is 14.7. The highest BCUT2D eigenvalue weighted by Gasteiger charge is 2.09. The normalized spacial score (nSPS) is 11.9. The molecule has 0 saturated carbocycles. The molecule has 0 fully saturated rings. The van der Waals surface area contributed by atoms with Crippen molar-refractivity contribution in [2.45, 2.75) is 13.0 Å². The van der Waals surface area contributed by atoms with E-state index in [1.165, 1.54) is 24.4 Å². The Bertz CT molecular complexity index is 928. The van der Waals surface area contributed by atoms with Gasteiger partial charge < -0.3 is 10.1 Å². The van der Waals surface area contributed by atoms with Crippen LogP contribution in [0.15, 0.2) is 73.2 Å². The molecule has 1 atom stereocenters. The van der Waals surface area contributed by atoms with Gasteiger partial charge in [-0.3, -0.25) is 9.78 Å². The molecule has 27 heavy (non-hydrogen) atoms. The van der Waals surface area contributed by atoms with Crippen LogP contribution in [0.2, 0.25) is 0 Å². The van der Waals surface area contributed by atoms with Gasteiger partial charge in [-0.05, 0) is 48.4 Å². The van der Waals surface area contributed by atoms with Gasteiger partial charge in [-0.15, -0.1) is 0 Å². The van der Waals surface area contributed by atoms with Crippen LogP contribution in [0.1, 0.15) is 24.1 Å². The molecule has 0 aliphatic carbocycles. The van der Waals surface area contributed by atoms with Crippen molar-refractivity contribution in [3.05, 3.63) is 90.1 Å². The second-order valence-corrected chi connectivity index (χ2v) is 5.83. The largest absolute Gasteiger partial charge is 0.437 e. The van der Waals surface area contributed by atoms with Crippen LogP contribution in [0.4, 0.5) is 4.39 Å². The maximum absolute atomic E-state index is 12.9. The van der Waals surface area contributed by atoms with Gasteiger partial charge in [0.1, 0.15) is 11.6 Å². The SMILES string of the molecule is C[C@H](NC(=O)/C=C/c1ccc(F)cc1)c1cccc(Oc2cnccn2)c1. The van der Waals surface area contributed by atoms with Gasteiger partial charge in [0.2, 0.25) is 11.8 Å². The van der Waals surface area contributed by atoms with E-state index >= 15 is 0 Å². The number of benzene rings is 2. The van der Waals surface area contributed by atoms with Gasteiger partial charge in [-0.25, -0.2) is 9.37 Å². The van der Waals surface area contributed by atoms with Crippen LogP contribution in [0.3, 0.4) is 0 Å². The van der Waals surface area contributed by atoms with Crippen molar-refractivity contribution >= 4 is 12.0 Å². The number of amides is 1. The molecule has 0 radical (unpaired) electrons. The minimum Gasteiger partial charge on any atom is -0.437 e. The number of halogens is 1. The van der Waals surface area contributed by atoms with Gasteiger partial charge in [0, 0.05) is 18.5 Å². The van der Waals surface area contributed by atoms with Gasteiger partial charge in [-0.2, -0.15) is 0 Å². The Kier molecular flexibility index (Phi) is 5.89. The number of carbonyl (C=O) groups excluding carboxylic acids is 1. The van der Waals surface area contributed by atoms with Crippen LogP contribution >= 0.6 is 0 Å². The number of nitrogens with zero attached hydrogens (tertiary/aromatic N) is 2. The predicted molar refractivity (Wildman–Crippen MR) is 101 cm³/mol. The molecule has 0 aliphatic heterocycles. The van der Waals surface area contributed by atoms with E-state index in [1.807, 2.05) is 25.1 Å². The average Bonchev–Trinajstić information content (AvgIpc) is 2.68. The first kappa shape index (κ1) is 18.3. The molecule has 0 spiro atoms. The van der Waals surface area contributed by atoms with E-state index in [0.29, 0.717) is 11.6 Å². The smallest absolute Gasteiger partial charge is 0.244 e. The lowest BCUT2D eigenvalue weighted by molar-refractivity contribution is -0.117. The summed E-state index contributed by atoms with van der Waals surface area (Å²) in [6, 6.07) is 13.1. The third kappa shape index (κ3) is 5.47. The lowest BCUT2D eigenvalue weighted by Crippen LogP contribution is -2.24. The van der Waals surface area contributed by atoms with Gasteiger partial charge in [0.25, 0.3) is 0 Å². The fourth-order valence-electron chi connectivity index (χ4n) is 2.40. The molecule has 136 valence electrons. The first-order valence-electron chi connectivity index (χ1n) is 8.38. The zero-order chi connectivity index (χ0) is 19.1. The van der Waals surface area contributed by atoms with E-state index < -0.39 is 0 Å². The lowest BCUT2D eigenvalue weighted by atomic mass is 10.1. The molecular formula is C21H18FN3O2. The Morgan fingerprint density at radius 2 is 2.00 bits per heavy atom. The number of rotatable bonds is 6. The van der Waals surface area contributed by atoms with Crippen LogP contribution in [0, 0.1) is 5.82 Å². The fourth-order valence-corrected chi connectivity index (χ4v) is 2.40. The maximum Gasteiger partial charge on any atom is 0.244 e. The van der Waals surface area contributed by atoms with Crippen molar-refractivity contribution in [2.75, 3.05) is 0 Å². The second-order valence-electron chi connectivity index (χ2n) is 5.83. The van der Waals surface area contributed by atoms with Crippen LogP contribution in [0.25, 0.3) is 6.08 Å². The van der Waals surface area contributed by atoms with Crippen LogP contribution in [0.5, 0.6) is 11.6 Å². The molecule has 1 aromatic heterocycles. The number of hydrogen-bond donors (Lipinski definition) is 1. The van der Waals surface area contributed by atoms with E-state index in [-0.39, 0.29) is 17.8 Å². The van der Waals surface area contributed by atoms with E-state index in [2.05, 4.69) is 15.3 Å². The third-order valence-corrected chi connectivity index (χ3v) is 3.78. The minimum absolute atomic E-state index is 0.222. The molecule has 3 aromatic rings. The number of ether oxygens (including phenoxy) is 1. The predicted octanol–water partition coefficient (Wildman–Crippen LogP) is 4.30. The first-order valence-corrected chi connectivity index (χ1v) is 8.38. The Morgan fingerprint density at radius 1 is 1.19 bits per heavy atom. The molecule has 6 heteroatoms. The Balaban J connectivity index is 1.61. The number of nitrogens with one attached hydrogen (secondary N) is 1. The van der Waals surface area contributed by atoms with Crippen molar-refractivity contribution in [1.29, 1.82) is 0 Å². The summed E-state index contributed by atoms with van der Waals surface area (Å²) in [7, 11) is 0. The Morgan fingerprint density at radius 3 is 2.74 bits per heavy atom. The molecule has 1 amide bonds. The van der Waals surface area contributed by atoms with Crippen LogP contribution < -0.4 is 10.1 Å². The molecule has 1 N–H and O–H groups in total. The molecule has 1 heterocycles.